The van der Waals surface area contributed by atoms with Crippen LogP contribution in [-0.4, -0.2) is 0 Å². The molecule has 0 amide bonds. The van der Waals surface area contributed by atoms with Crippen LogP contribution in [0.3, 0.4) is 0 Å². The highest BCUT2D eigenvalue weighted by atomic mass is 79.9. The average molecular weight is 300 g/mol. The first-order valence-corrected chi connectivity index (χ1v) is 7.00. The lowest BCUT2D eigenvalue weighted by molar-refractivity contribution is 1.35. The van der Waals surface area contributed by atoms with Gasteiger partial charge >= 0.3 is 0 Å². The van der Waals surface area contributed by atoms with Crippen molar-refractivity contribution in [3.63, 3.8) is 0 Å². The highest BCUT2D eigenvalue weighted by Gasteiger charge is 1.97. The van der Waals surface area contributed by atoms with Gasteiger partial charge in [-0.2, -0.15) is 0 Å². The smallest absolute Gasteiger partial charge is 0.171 e. The highest BCUT2D eigenvalue weighted by Crippen LogP contribution is 2.22. The predicted octanol–water partition coefficient (Wildman–Crippen LogP) is 4.42. The highest BCUT2D eigenvalue weighted by molar-refractivity contribution is 9.10. The van der Waals surface area contributed by atoms with Gasteiger partial charge in [0.1, 0.15) is 0 Å². The van der Waals surface area contributed by atoms with Gasteiger partial charge in [-0.05, 0) is 37.6 Å². The lowest BCUT2D eigenvalue weighted by Gasteiger charge is -1.98. The van der Waals surface area contributed by atoms with Gasteiger partial charge in [-0.15, -0.1) is 22.7 Å². The number of hydrogen-bond acceptors (Lipinski definition) is 3. The van der Waals surface area contributed by atoms with E-state index < -0.39 is 0 Å². The van der Waals surface area contributed by atoms with Gasteiger partial charge in [-0.3, -0.25) is 0 Å². The van der Waals surface area contributed by atoms with Crippen molar-refractivity contribution in [1.29, 1.82) is 0 Å². The normalized spacial score (nSPS) is 12.1. The molecule has 1 aromatic heterocycles. The molecule has 0 bridgehead atoms. The van der Waals surface area contributed by atoms with Crippen molar-refractivity contribution >= 4 is 44.3 Å². The summed E-state index contributed by atoms with van der Waals surface area (Å²) in [5, 5.41) is 2.14. The van der Waals surface area contributed by atoms with Crippen molar-refractivity contribution in [3.8, 4) is 0 Å². The Morgan fingerprint density at radius 2 is 2.07 bits per heavy atom. The molecule has 0 saturated heterocycles. The number of nitrogens with zero attached hydrogens (tertiary/aromatic N) is 1. The number of aryl methyl sites for hydroxylation is 2. The van der Waals surface area contributed by atoms with Crippen LogP contribution < -0.4 is 3.98 Å². The maximum absolute atomic E-state index is 4.62. The first-order valence-electron chi connectivity index (χ1n) is 4.51. The SMILES string of the molecule is Cc1csc(=Nc2ccc(Br)cc2C)s1. The summed E-state index contributed by atoms with van der Waals surface area (Å²) in [4.78, 5) is 5.93. The van der Waals surface area contributed by atoms with E-state index in [0.29, 0.717) is 0 Å². The minimum atomic E-state index is 1.05. The Hall–Kier alpha value is -0.450. The van der Waals surface area contributed by atoms with Crippen molar-refractivity contribution in [3.05, 3.63) is 42.5 Å². The summed E-state index contributed by atoms with van der Waals surface area (Å²) in [5.74, 6) is 0. The predicted molar refractivity (Wildman–Crippen MR) is 71.0 cm³/mol. The van der Waals surface area contributed by atoms with Crippen LogP contribution in [0.5, 0.6) is 0 Å². The zero-order chi connectivity index (χ0) is 10.8. The van der Waals surface area contributed by atoms with Crippen molar-refractivity contribution in [2.75, 3.05) is 0 Å². The van der Waals surface area contributed by atoms with Crippen molar-refractivity contribution in [2.45, 2.75) is 13.8 Å². The third-order valence-corrected chi connectivity index (χ3v) is 4.60. The van der Waals surface area contributed by atoms with Crippen LogP contribution in [0.25, 0.3) is 0 Å². The van der Waals surface area contributed by atoms with E-state index in [-0.39, 0.29) is 0 Å². The maximum Gasteiger partial charge on any atom is 0.171 e. The van der Waals surface area contributed by atoms with Gasteiger partial charge in [0, 0.05) is 14.7 Å². The number of hydrogen-bond donors (Lipinski definition) is 0. The molecule has 0 radical (unpaired) electrons. The van der Waals surface area contributed by atoms with E-state index in [1.54, 1.807) is 22.7 Å². The minimum absolute atomic E-state index is 1.05. The van der Waals surface area contributed by atoms with Gasteiger partial charge in [-0.25, -0.2) is 4.99 Å². The van der Waals surface area contributed by atoms with Crippen molar-refractivity contribution < 1.29 is 0 Å². The van der Waals surface area contributed by atoms with Crippen LogP contribution in [0, 0.1) is 13.8 Å². The summed E-state index contributed by atoms with van der Waals surface area (Å²) >= 11 is 6.88. The molecule has 0 atom stereocenters. The molecule has 15 heavy (non-hydrogen) atoms. The molecule has 0 aliphatic carbocycles. The van der Waals surface area contributed by atoms with E-state index in [1.807, 2.05) is 12.1 Å². The van der Waals surface area contributed by atoms with Crippen molar-refractivity contribution in [1.82, 2.24) is 0 Å². The lowest BCUT2D eigenvalue weighted by Crippen LogP contribution is -1.85. The summed E-state index contributed by atoms with van der Waals surface area (Å²) in [5.41, 5.74) is 2.25. The Morgan fingerprint density at radius 1 is 1.27 bits per heavy atom. The Kier molecular flexibility index (Phi) is 3.38. The summed E-state index contributed by atoms with van der Waals surface area (Å²) in [6, 6.07) is 6.15. The van der Waals surface area contributed by atoms with Gasteiger partial charge in [0.15, 0.2) is 3.98 Å². The van der Waals surface area contributed by atoms with E-state index in [0.717, 1.165) is 14.1 Å². The molecule has 2 aromatic rings. The molecule has 0 saturated carbocycles. The molecule has 0 aliphatic rings. The largest absolute Gasteiger partial charge is 0.227 e. The second-order valence-electron chi connectivity index (χ2n) is 3.26. The Labute approximate surface area is 105 Å². The van der Waals surface area contributed by atoms with Crippen LogP contribution >= 0.6 is 38.6 Å². The zero-order valence-electron chi connectivity index (χ0n) is 8.45. The molecule has 0 unspecified atom stereocenters. The molecule has 1 nitrogen and oxygen atoms in total. The standard InChI is InChI=1S/C11H10BrNS2/c1-7-5-9(12)3-4-10(7)13-11-14-6-8(2)15-11/h3-6H,1-2H3. The third-order valence-electron chi connectivity index (χ3n) is 1.94. The van der Waals surface area contributed by atoms with Crippen LogP contribution in [0.1, 0.15) is 10.4 Å². The molecular formula is C11H10BrNS2. The van der Waals surface area contributed by atoms with Gasteiger partial charge in [0.2, 0.25) is 0 Å². The zero-order valence-corrected chi connectivity index (χ0v) is 11.7. The first kappa shape index (κ1) is 11.0. The average Bonchev–Trinajstić information content (AvgIpc) is 2.56. The van der Waals surface area contributed by atoms with Crippen LogP contribution in [0.2, 0.25) is 0 Å². The molecule has 0 fully saturated rings. The lowest BCUT2D eigenvalue weighted by atomic mass is 10.2. The van der Waals surface area contributed by atoms with Gasteiger partial charge in [-0.1, -0.05) is 15.9 Å². The molecule has 0 spiro atoms. The summed E-state index contributed by atoms with van der Waals surface area (Å²) in [6.45, 7) is 4.18. The van der Waals surface area contributed by atoms with Gasteiger partial charge < -0.3 is 0 Å². The fourth-order valence-corrected chi connectivity index (χ4v) is 3.59. The molecule has 78 valence electrons. The van der Waals surface area contributed by atoms with Crippen LogP contribution in [0.4, 0.5) is 5.69 Å². The van der Waals surface area contributed by atoms with Crippen LogP contribution in [-0.2, 0) is 0 Å². The second kappa shape index (κ2) is 4.60. The van der Waals surface area contributed by atoms with E-state index in [4.69, 9.17) is 0 Å². The minimum Gasteiger partial charge on any atom is -0.227 e. The van der Waals surface area contributed by atoms with E-state index in [2.05, 4.69) is 46.2 Å². The van der Waals surface area contributed by atoms with Crippen LogP contribution in [0.15, 0.2) is 33.0 Å². The number of rotatable bonds is 1. The fourth-order valence-electron chi connectivity index (χ4n) is 1.21. The Balaban J connectivity index is 2.48. The summed E-state index contributed by atoms with van der Waals surface area (Å²) in [7, 11) is 0. The monoisotopic (exact) mass is 299 g/mol. The molecule has 4 heteroatoms. The molecular weight excluding hydrogens is 290 g/mol. The topological polar surface area (TPSA) is 12.4 Å². The van der Waals surface area contributed by atoms with E-state index >= 15 is 0 Å². The quantitative estimate of drug-likeness (QED) is 0.739. The fraction of sp³-hybridized carbons (Fsp3) is 0.182. The van der Waals surface area contributed by atoms with E-state index in [9.17, 15) is 0 Å². The summed E-state index contributed by atoms with van der Waals surface area (Å²) in [6.07, 6.45) is 0. The Bertz CT molecular complexity index is 540. The van der Waals surface area contributed by atoms with Crippen molar-refractivity contribution in [2.24, 2.45) is 4.99 Å². The molecule has 0 N–H and O–H groups in total. The molecule has 1 aromatic carbocycles. The number of halogens is 1. The van der Waals surface area contributed by atoms with Gasteiger partial charge in [0.05, 0.1) is 5.69 Å². The summed E-state index contributed by atoms with van der Waals surface area (Å²) < 4.78 is 2.21. The van der Waals surface area contributed by atoms with Gasteiger partial charge in [0.25, 0.3) is 0 Å². The number of benzene rings is 1. The molecule has 2 rings (SSSR count). The molecule has 1 heterocycles. The second-order valence-corrected chi connectivity index (χ2v) is 6.52. The third kappa shape index (κ3) is 2.77. The Morgan fingerprint density at radius 3 is 2.67 bits per heavy atom. The first-order chi connectivity index (χ1) is 7.15. The maximum atomic E-state index is 4.62. The van der Waals surface area contributed by atoms with E-state index in [1.165, 1.54) is 10.4 Å². The molecule has 0 aliphatic heterocycles.